The Kier molecular flexibility index (Phi) is 6.05. The quantitative estimate of drug-likeness (QED) is 0.214. The highest BCUT2D eigenvalue weighted by Crippen LogP contribution is 2.56. The van der Waals surface area contributed by atoms with Crippen molar-refractivity contribution in [1.82, 2.24) is 9.97 Å². The van der Waals surface area contributed by atoms with Crippen LogP contribution in [0.4, 0.5) is 0 Å². The molecular weight excluding hydrogens is 520 g/mol. The van der Waals surface area contributed by atoms with Crippen LogP contribution in [0.3, 0.4) is 0 Å². The zero-order valence-electron chi connectivity index (χ0n) is 23.6. The first-order valence-electron chi connectivity index (χ1n) is 14.7. The first-order chi connectivity index (χ1) is 21.3. The Morgan fingerprint density at radius 3 is 1.47 bits per heavy atom. The van der Waals surface area contributed by atoms with Gasteiger partial charge in [-0.05, 0) is 45.5 Å². The average Bonchev–Trinajstić information content (AvgIpc) is 3.40. The molecule has 1 aliphatic rings. The van der Waals surface area contributed by atoms with Crippen LogP contribution in [0.2, 0.25) is 0 Å². The molecule has 2 nitrogen and oxygen atoms in total. The van der Waals surface area contributed by atoms with Crippen LogP contribution in [-0.4, -0.2) is 9.97 Å². The lowest BCUT2D eigenvalue weighted by Gasteiger charge is -2.34. The van der Waals surface area contributed by atoms with Crippen molar-refractivity contribution < 1.29 is 0 Å². The molecule has 0 fully saturated rings. The molecule has 0 unspecified atom stereocenters. The molecule has 1 aromatic heterocycles. The van der Waals surface area contributed by atoms with E-state index in [1.165, 1.54) is 33.4 Å². The van der Waals surface area contributed by atoms with Gasteiger partial charge in [-0.3, -0.25) is 0 Å². The molecule has 1 heterocycles. The highest BCUT2D eigenvalue weighted by Gasteiger charge is 2.46. The number of nitrogens with zero attached hydrogens (tertiary/aromatic N) is 2. The minimum absolute atomic E-state index is 0.456. The summed E-state index contributed by atoms with van der Waals surface area (Å²) < 4.78 is 0. The van der Waals surface area contributed by atoms with E-state index in [4.69, 9.17) is 9.97 Å². The van der Waals surface area contributed by atoms with E-state index in [0.717, 1.165) is 33.9 Å². The molecule has 2 heteroatoms. The van der Waals surface area contributed by atoms with Crippen LogP contribution in [-0.2, 0) is 5.41 Å². The SMILES string of the molecule is c1ccc(-c2cc(-c3ccc4c(c3)C(c3ccccc3)(c3ccccc3)c3ccccc3-4)nc(-c3ccccc3)n2)cc1. The van der Waals surface area contributed by atoms with Gasteiger partial charge in [0.25, 0.3) is 0 Å². The third-order valence-electron chi connectivity index (χ3n) is 8.58. The minimum Gasteiger partial charge on any atom is -0.228 e. The van der Waals surface area contributed by atoms with Crippen molar-refractivity contribution in [2.24, 2.45) is 0 Å². The second kappa shape index (κ2) is 10.3. The van der Waals surface area contributed by atoms with Crippen LogP contribution in [0, 0.1) is 0 Å². The smallest absolute Gasteiger partial charge is 0.160 e. The Labute approximate surface area is 252 Å². The standard InChI is InChI=1S/C41H28N2/c1-5-15-29(16-6-1)38-28-39(43-40(42-38)30-17-7-2-8-18-30)31-25-26-35-34-23-13-14-24-36(34)41(37(35)27-31,32-19-9-3-10-20-32)33-21-11-4-12-22-33/h1-28H. The second-order valence-corrected chi connectivity index (χ2v) is 11.0. The van der Waals surface area contributed by atoms with E-state index in [1.54, 1.807) is 0 Å². The molecule has 0 saturated heterocycles. The van der Waals surface area contributed by atoms with Gasteiger partial charge in [0.2, 0.25) is 0 Å². The van der Waals surface area contributed by atoms with E-state index in [9.17, 15) is 0 Å². The van der Waals surface area contributed by atoms with E-state index < -0.39 is 5.41 Å². The third-order valence-corrected chi connectivity index (χ3v) is 8.58. The van der Waals surface area contributed by atoms with Crippen LogP contribution in [0.5, 0.6) is 0 Å². The number of benzene rings is 6. The topological polar surface area (TPSA) is 25.8 Å². The van der Waals surface area contributed by atoms with Gasteiger partial charge >= 0.3 is 0 Å². The number of hydrogen-bond acceptors (Lipinski definition) is 2. The molecule has 0 aliphatic heterocycles. The van der Waals surface area contributed by atoms with Crippen molar-refractivity contribution in [3.05, 3.63) is 192 Å². The number of rotatable bonds is 5. The Bertz CT molecular complexity index is 1950. The van der Waals surface area contributed by atoms with Crippen molar-refractivity contribution >= 4 is 0 Å². The zero-order chi connectivity index (χ0) is 28.6. The first-order valence-corrected chi connectivity index (χ1v) is 14.7. The van der Waals surface area contributed by atoms with E-state index in [0.29, 0.717) is 0 Å². The van der Waals surface area contributed by atoms with Crippen LogP contribution in [0.25, 0.3) is 45.0 Å². The molecule has 0 atom stereocenters. The minimum atomic E-state index is -0.456. The molecule has 202 valence electrons. The monoisotopic (exact) mass is 548 g/mol. The summed E-state index contributed by atoms with van der Waals surface area (Å²) in [6.07, 6.45) is 0. The molecule has 0 N–H and O–H groups in total. The summed E-state index contributed by atoms with van der Waals surface area (Å²) in [5.74, 6) is 0.720. The Morgan fingerprint density at radius 1 is 0.349 bits per heavy atom. The first kappa shape index (κ1) is 25.1. The summed E-state index contributed by atoms with van der Waals surface area (Å²) in [7, 11) is 0. The highest BCUT2D eigenvalue weighted by atomic mass is 14.9. The van der Waals surface area contributed by atoms with Crippen LogP contribution in [0.1, 0.15) is 22.3 Å². The predicted molar refractivity (Wildman–Crippen MR) is 176 cm³/mol. The van der Waals surface area contributed by atoms with Gasteiger partial charge in [-0.2, -0.15) is 0 Å². The van der Waals surface area contributed by atoms with Crippen molar-refractivity contribution in [2.75, 3.05) is 0 Å². The van der Waals surface area contributed by atoms with Gasteiger partial charge in [-0.15, -0.1) is 0 Å². The summed E-state index contributed by atoms with van der Waals surface area (Å²) in [5.41, 5.74) is 12.1. The summed E-state index contributed by atoms with van der Waals surface area (Å²) in [6, 6.07) is 60.3. The summed E-state index contributed by atoms with van der Waals surface area (Å²) in [6.45, 7) is 0. The third kappa shape index (κ3) is 4.11. The molecule has 8 rings (SSSR count). The lowest BCUT2D eigenvalue weighted by molar-refractivity contribution is 0.768. The molecule has 6 aromatic carbocycles. The van der Waals surface area contributed by atoms with Crippen LogP contribution < -0.4 is 0 Å². The van der Waals surface area contributed by atoms with Crippen molar-refractivity contribution in [2.45, 2.75) is 5.41 Å². The van der Waals surface area contributed by atoms with E-state index >= 15 is 0 Å². The molecular formula is C41H28N2. The highest BCUT2D eigenvalue weighted by molar-refractivity contribution is 5.88. The van der Waals surface area contributed by atoms with Crippen LogP contribution >= 0.6 is 0 Å². The lowest BCUT2D eigenvalue weighted by Crippen LogP contribution is -2.28. The number of hydrogen-bond donors (Lipinski definition) is 0. The molecule has 0 radical (unpaired) electrons. The fourth-order valence-electron chi connectivity index (χ4n) is 6.67. The van der Waals surface area contributed by atoms with E-state index in [-0.39, 0.29) is 0 Å². The predicted octanol–water partition coefficient (Wildman–Crippen LogP) is 9.84. The van der Waals surface area contributed by atoms with E-state index in [2.05, 4.69) is 146 Å². The molecule has 0 saturated carbocycles. The van der Waals surface area contributed by atoms with Crippen molar-refractivity contribution in [3.8, 4) is 45.0 Å². The molecule has 43 heavy (non-hydrogen) atoms. The maximum atomic E-state index is 5.16. The molecule has 0 amide bonds. The number of fused-ring (bicyclic) bond motifs is 3. The lowest BCUT2D eigenvalue weighted by atomic mass is 9.67. The summed E-state index contributed by atoms with van der Waals surface area (Å²) in [5, 5.41) is 0. The second-order valence-electron chi connectivity index (χ2n) is 11.0. The molecule has 0 bridgehead atoms. The van der Waals surface area contributed by atoms with Crippen molar-refractivity contribution in [3.63, 3.8) is 0 Å². The molecule has 7 aromatic rings. The van der Waals surface area contributed by atoms with Gasteiger partial charge in [0.15, 0.2) is 5.82 Å². The van der Waals surface area contributed by atoms with E-state index in [1.807, 2.05) is 24.3 Å². The van der Waals surface area contributed by atoms with Gasteiger partial charge in [0, 0.05) is 16.7 Å². The maximum absolute atomic E-state index is 5.16. The Hall–Kier alpha value is -5.60. The van der Waals surface area contributed by atoms with Crippen molar-refractivity contribution in [1.29, 1.82) is 0 Å². The maximum Gasteiger partial charge on any atom is 0.160 e. The summed E-state index contributed by atoms with van der Waals surface area (Å²) >= 11 is 0. The van der Waals surface area contributed by atoms with Gasteiger partial charge in [-0.1, -0.05) is 158 Å². The van der Waals surface area contributed by atoms with Gasteiger partial charge in [0.05, 0.1) is 16.8 Å². The van der Waals surface area contributed by atoms with Gasteiger partial charge < -0.3 is 0 Å². The Morgan fingerprint density at radius 2 is 0.837 bits per heavy atom. The van der Waals surface area contributed by atoms with Gasteiger partial charge in [0.1, 0.15) is 0 Å². The fraction of sp³-hybridized carbons (Fsp3) is 0.0244. The zero-order valence-corrected chi connectivity index (χ0v) is 23.6. The van der Waals surface area contributed by atoms with Crippen LogP contribution in [0.15, 0.2) is 170 Å². The summed E-state index contributed by atoms with van der Waals surface area (Å²) in [4.78, 5) is 10.2. The Balaban J connectivity index is 1.41. The fourth-order valence-corrected chi connectivity index (χ4v) is 6.67. The number of aromatic nitrogens is 2. The largest absolute Gasteiger partial charge is 0.228 e. The average molecular weight is 549 g/mol. The molecule has 1 aliphatic carbocycles. The molecule has 0 spiro atoms. The van der Waals surface area contributed by atoms with Gasteiger partial charge in [-0.25, -0.2) is 9.97 Å². The normalized spacial score (nSPS) is 12.8.